The number of ketones is 1. The molecular weight excluding hydrogens is 667 g/mol. The summed E-state index contributed by atoms with van der Waals surface area (Å²) in [6.45, 7) is 3.37. The average molecular weight is 688 g/mol. The van der Waals surface area contributed by atoms with Crippen LogP contribution in [0, 0.1) is 18.2 Å². The van der Waals surface area contributed by atoms with Crippen LogP contribution in [0.2, 0.25) is 0 Å². The largest absolute Gasteiger partial charge is 0.512 e. The third-order valence-electron chi connectivity index (χ3n) is 4.66. The fraction of sp³-hybridized carbons (Fsp3) is 0.111. The number of benzene rings is 3. The number of ether oxygens (including phenoxy) is 1. The van der Waals surface area contributed by atoms with E-state index in [0.29, 0.717) is 6.61 Å². The van der Waals surface area contributed by atoms with E-state index in [2.05, 4.69) is 24.3 Å². The molecule has 5 rings (SSSR count). The molecule has 33 heavy (non-hydrogen) atoms. The minimum Gasteiger partial charge on any atom is -0.512 e. The Hall–Kier alpha value is -2.17. The summed E-state index contributed by atoms with van der Waals surface area (Å²) in [6.07, 6.45) is 1.17. The van der Waals surface area contributed by atoms with Gasteiger partial charge in [-0.2, -0.15) is 23.3 Å². The topological polar surface area (TPSA) is 59.4 Å². The summed E-state index contributed by atoms with van der Waals surface area (Å²) < 4.78 is 5.89. The van der Waals surface area contributed by atoms with Crippen LogP contribution in [0.4, 0.5) is 0 Å². The summed E-state index contributed by atoms with van der Waals surface area (Å²) in [4.78, 5) is 14.8. The number of para-hydroxylation sites is 1. The molecule has 2 heterocycles. The number of carbonyl (C=O) groups excluding carboxylic acids is 1. The van der Waals surface area contributed by atoms with E-state index in [1.165, 1.54) is 19.9 Å². The van der Waals surface area contributed by atoms with Crippen molar-refractivity contribution in [1.82, 2.24) is 4.98 Å². The molecule has 6 heteroatoms. The number of hydrogen-bond acceptors (Lipinski definition) is 4. The molecule has 0 amide bonds. The second-order valence-corrected chi connectivity index (χ2v) is 7.18. The number of nitrogens with zero attached hydrogens (tertiary/aromatic N) is 1. The number of rotatable bonds is 2. The summed E-state index contributed by atoms with van der Waals surface area (Å²) >= 11 is 0. The van der Waals surface area contributed by atoms with Gasteiger partial charge in [0.1, 0.15) is 5.75 Å². The van der Waals surface area contributed by atoms with Gasteiger partial charge in [0.2, 0.25) is 0 Å². The monoisotopic (exact) mass is 688 g/mol. The average Bonchev–Trinajstić information content (AvgIpc) is 2.77. The third kappa shape index (κ3) is 6.68. The number of pyridine rings is 1. The zero-order valence-corrected chi connectivity index (χ0v) is 23.4. The smallest absolute Gasteiger partial charge is 0.155 e. The first kappa shape index (κ1) is 27.1. The Kier molecular flexibility index (Phi) is 10.1. The predicted molar refractivity (Wildman–Crippen MR) is 121 cm³/mol. The van der Waals surface area contributed by atoms with E-state index in [0.717, 1.165) is 44.6 Å². The van der Waals surface area contributed by atoms with Crippen molar-refractivity contribution in [3.05, 3.63) is 96.3 Å². The van der Waals surface area contributed by atoms with E-state index in [4.69, 9.17) is 14.8 Å². The molecule has 4 nitrogen and oxygen atoms in total. The maximum absolute atomic E-state index is 10.0. The van der Waals surface area contributed by atoms with Crippen LogP contribution >= 0.6 is 0 Å². The minimum absolute atomic E-state index is 0. The Labute approximate surface area is 232 Å². The van der Waals surface area contributed by atoms with Crippen molar-refractivity contribution in [3.63, 3.8) is 0 Å². The molecule has 0 spiro atoms. The maximum atomic E-state index is 10.0. The second-order valence-electron chi connectivity index (χ2n) is 7.18. The fourth-order valence-electron chi connectivity index (χ4n) is 3.33. The van der Waals surface area contributed by atoms with Gasteiger partial charge in [-0.15, -0.1) is 6.07 Å². The number of fused-ring (bicyclic) bond motifs is 4. The molecule has 4 aromatic rings. The first-order valence-corrected chi connectivity index (χ1v) is 9.86. The normalized spacial score (nSPS) is 11.4. The molecule has 1 aliphatic rings. The summed E-state index contributed by atoms with van der Waals surface area (Å²) in [6, 6.07) is 30.0. The number of aliphatic hydroxyl groups is 1. The van der Waals surface area contributed by atoms with Gasteiger partial charge in [-0.25, -0.2) is 23.2 Å². The van der Waals surface area contributed by atoms with E-state index < -0.39 is 0 Å². The van der Waals surface area contributed by atoms with E-state index in [1.807, 2.05) is 54.6 Å². The van der Waals surface area contributed by atoms with Gasteiger partial charge < -0.3 is 33.1 Å². The van der Waals surface area contributed by atoms with Crippen molar-refractivity contribution in [2.24, 2.45) is 0 Å². The zero-order chi connectivity index (χ0) is 21.8. The number of hydrogen-bond donors (Lipinski definition) is 1. The van der Waals surface area contributed by atoms with Crippen LogP contribution in [0.3, 0.4) is 0 Å². The molecule has 1 N–H and O–H groups in total. The van der Waals surface area contributed by atoms with Crippen LogP contribution in [0.15, 0.2) is 72.5 Å². The summed E-state index contributed by atoms with van der Waals surface area (Å²) in [5.74, 6) is 0.749. The third-order valence-corrected chi connectivity index (χ3v) is 4.66. The van der Waals surface area contributed by atoms with Crippen LogP contribution < -0.4 is 4.74 Å². The Morgan fingerprint density at radius 1 is 1.12 bits per heavy atom. The number of aromatic nitrogens is 1. The van der Waals surface area contributed by atoms with Gasteiger partial charge >= 0.3 is 0 Å². The SMILES string of the molecule is CC(=O)/C=C(/C)O.[Ir].[Y].[c-]1cc2c([c-]c1-c1[c-]cccc1)-c1nc3ccccc3cc1OC2. The minimum atomic E-state index is -0.125. The molecule has 1 aliphatic heterocycles. The summed E-state index contributed by atoms with van der Waals surface area (Å²) in [7, 11) is 0. The second kappa shape index (κ2) is 12.3. The van der Waals surface area contributed by atoms with Crippen LogP contribution in [0.1, 0.15) is 19.4 Å². The molecule has 166 valence electrons. The van der Waals surface area contributed by atoms with Gasteiger partial charge in [-0.1, -0.05) is 18.2 Å². The molecule has 1 aromatic heterocycles. The Bertz CT molecular complexity index is 1290. The fourth-order valence-corrected chi connectivity index (χ4v) is 3.33. The molecule has 0 bridgehead atoms. The maximum Gasteiger partial charge on any atom is 0.155 e. The van der Waals surface area contributed by atoms with Crippen molar-refractivity contribution in [2.75, 3.05) is 0 Å². The van der Waals surface area contributed by atoms with E-state index in [9.17, 15) is 4.79 Å². The Morgan fingerprint density at radius 2 is 1.88 bits per heavy atom. The van der Waals surface area contributed by atoms with Crippen LogP contribution in [-0.4, -0.2) is 15.9 Å². The Morgan fingerprint density at radius 3 is 2.55 bits per heavy atom. The zero-order valence-electron chi connectivity index (χ0n) is 18.2. The number of aliphatic hydroxyl groups excluding tert-OH is 1. The molecule has 0 atom stereocenters. The van der Waals surface area contributed by atoms with Gasteiger partial charge in [0, 0.05) is 70.9 Å². The van der Waals surface area contributed by atoms with Crippen molar-refractivity contribution < 1.29 is 67.5 Å². The van der Waals surface area contributed by atoms with Gasteiger partial charge in [-0.05, 0) is 26.0 Å². The molecule has 0 saturated carbocycles. The summed E-state index contributed by atoms with van der Waals surface area (Å²) in [5, 5.41) is 9.45. The standard InChI is InChI=1S/C22H12NO.C5H8O2.Ir.Y/c1-2-6-15(7-3-1)16-10-11-18-14-24-21-13-17-8-4-5-9-20(17)23-22(21)19(18)12-16;1-4(6)3-5(2)7;;/h1-6,8-9,11,13H,14H2;3,6H,1-2H3;;/q-3;;;/b;4-3-;;. The van der Waals surface area contributed by atoms with E-state index in [-0.39, 0.29) is 64.4 Å². The molecule has 0 aliphatic carbocycles. The Balaban J connectivity index is 0.000000379. The molecular formula is C27H20IrNO3Y-3. The predicted octanol–water partition coefficient (Wildman–Crippen LogP) is 5.89. The van der Waals surface area contributed by atoms with Crippen molar-refractivity contribution in [2.45, 2.75) is 20.5 Å². The van der Waals surface area contributed by atoms with Gasteiger partial charge in [-0.3, -0.25) is 4.79 Å². The molecule has 2 radical (unpaired) electrons. The quantitative estimate of drug-likeness (QED) is 0.162. The first-order chi connectivity index (χ1) is 15.0. The van der Waals surface area contributed by atoms with E-state index in [1.54, 1.807) is 0 Å². The number of allylic oxidation sites excluding steroid dienone is 2. The van der Waals surface area contributed by atoms with Crippen LogP contribution in [0.25, 0.3) is 33.3 Å². The van der Waals surface area contributed by atoms with Gasteiger partial charge in [0.25, 0.3) is 0 Å². The van der Waals surface area contributed by atoms with E-state index >= 15 is 0 Å². The molecule has 0 fully saturated rings. The van der Waals surface area contributed by atoms with Crippen molar-refractivity contribution in [1.29, 1.82) is 0 Å². The van der Waals surface area contributed by atoms with Crippen LogP contribution in [0.5, 0.6) is 5.75 Å². The molecule has 0 saturated heterocycles. The first-order valence-electron chi connectivity index (χ1n) is 9.86. The number of carbonyl (C=O) groups is 1. The van der Waals surface area contributed by atoms with Crippen molar-refractivity contribution >= 4 is 16.7 Å². The molecule has 0 unspecified atom stereocenters. The van der Waals surface area contributed by atoms with Crippen molar-refractivity contribution in [3.8, 4) is 28.1 Å². The molecule has 3 aromatic carbocycles. The van der Waals surface area contributed by atoms with Gasteiger partial charge in [0.05, 0.1) is 17.0 Å². The van der Waals surface area contributed by atoms with Gasteiger partial charge in [0.15, 0.2) is 5.78 Å². The summed E-state index contributed by atoms with van der Waals surface area (Å²) in [5.41, 5.74) is 5.74. The van der Waals surface area contributed by atoms with Crippen LogP contribution in [-0.2, 0) is 64.2 Å².